The number of nitrogens with zero attached hydrogens (tertiary/aromatic N) is 4. The molecule has 0 saturated heterocycles. The smallest absolute Gasteiger partial charge is 0.259 e. The zero-order chi connectivity index (χ0) is 11.5. The van der Waals surface area contributed by atoms with Crippen LogP contribution in [0.3, 0.4) is 0 Å². The van der Waals surface area contributed by atoms with Crippen molar-refractivity contribution in [1.29, 1.82) is 0 Å². The van der Waals surface area contributed by atoms with Crippen LogP contribution in [0.5, 0.6) is 0 Å². The van der Waals surface area contributed by atoms with Crippen LogP contribution < -0.4 is 5.73 Å². The highest BCUT2D eigenvalue weighted by Gasteiger charge is 2.09. The fourth-order valence-corrected chi connectivity index (χ4v) is 1.19. The Bertz CT molecular complexity index is 465. The number of nitrogens with two attached hydrogens (primary N) is 1. The Morgan fingerprint density at radius 2 is 1.94 bits per heavy atom. The molecule has 0 amide bonds. The van der Waals surface area contributed by atoms with E-state index in [-0.39, 0.29) is 0 Å². The lowest BCUT2D eigenvalue weighted by atomic mass is 10.2. The second-order valence-corrected chi connectivity index (χ2v) is 3.18. The normalized spacial score (nSPS) is 10.9. The van der Waals surface area contributed by atoms with Crippen LogP contribution in [0.15, 0.2) is 24.3 Å². The minimum absolute atomic E-state index is 0.306. The molecule has 2 N–H and O–H groups in total. The van der Waals surface area contributed by atoms with Crippen molar-refractivity contribution >= 4 is 5.69 Å². The van der Waals surface area contributed by atoms with Crippen LogP contribution in [-0.4, -0.2) is 26.6 Å². The number of benzene rings is 1. The molecule has 16 heavy (non-hydrogen) atoms. The van der Waals surface area contributed by atoms with E-state index in [9.17, 15) is 8.78 Å². The number of alkyl halides is 2. The lowest BCUT2D eigenvalue weighted by molar-refractivity contribution is 0.115. The van der Waals surface area contributed by atoms with E-state index < -0.39 is 13.0 Å². The second kappa shape index (κ2) is 4.21. The Morgan fingerprint density at radius 1 is 1.25 bits per heavy atom. The molecule has 0 radical (unpaired) electrons. The summed E-state index contributed by atoms with van der Waals surface area (Å²) in [5.41, 5.74) is 6.82. The molecule has 1 aromatic carbocycles. The summed E-state index contributed by atoms with van der Waals surface area (Å²) in [6.45, 7) is -0.554. The summed E-state index contributed by atoms with van der Waals surface area (Å²) < 4.78 is 24.1. The van der Waals surface area contributed by atoms with E-state index in [0.29, 0.717) is 17.1 Å². The van der Waals surface area contributed by atoms with Crippen LogP contribution >= 0.6 is 0 Å². The molecule has 2 aromatic rings. The van der Waals surface area contributed by atoms with Gasteiger partial charge in [0, 0.05) is 11.3 Å². The molecule has 1 aromatic heterocycles. The maximum atomic E-state index is 12.0. The van der Waals surface area contributed by atoms with E-state index in [2.05, 4.69) is 15.4 Å². The first-order chi connectivity index (χ1) is 7.65. The molecule has 0 aliphatic heterocycles. The third-order valence-corrected chi connectivity index (χ3v) is 1.92. The second-order valence-electron chi connectivity index (χ2n) is 3.18. The van der Waals surface area contributed by atoms with E-state index in [0.717, 1.165) is 4.80 Å². The summed E-state index contributed by atoms with van der Waals surface area (Å²) in [6.07, 6.45) is -2.49. The fraction of sp³-hybridized carbons (Fsp3) is 0.222. The van der Waals surface area contributed by atoms with Crippen molar-refractivity contribution in [1.82, 2.24) is 20.2 Å². The maximum Gasteiger partial charge on any atom is 0.259 e. The molecular weight excluding hydrogens is 216 g/mol. The minimum Gasteiger partial charge on any atom is -0.399 e. The van der Waals surface area contributed by atoms with Gasteiger partial charge >= 0.3 is 0 Å². The van der Waals surface area contributed by atoms with Gasteiger partial charge in [-0.15, -0.1) is 10.2 Å². The van der Waals surface area contributed by atoms with E-state index >= 15 is 0 Å². The largest absolute Gasteiger partial charge is 0.399 e. The minimum atomic E-state index is -2.49. The molecule has 0 unspecified atom stereocenters. The summed E-state index contributed by atoms with van der Waals surface area (Å²) in [6, 6.07) is 6.78. The van der Waals surface area contributed by atoms with Gasteiger partial charge in [-0.25, -0.2) is 8.78 Å². The number of hydrogen-bond donors (Lipinski definition) is 1. The highest BCUT2D eigenvalue weighted by atomic mass is 19.3. The van der Waals surface area contributed by atoms with E-state index in [4.69, 9.17) is 5.73 Å². The van der Waals surface area contributed by atoms with Crippen LogP contribution in [0.2, 0.25) is 0 Å². The average molecular weight is 225 g/mol. The van der Waals surface area contributed by atoms with Gasteiger partial charge in [0.1, 0.15) is 6.54 Å². The Morgan fingerprint density at radius 3 is 2.56 bits per heavy atom. The lowest BCUT2D eigenvalue weighted by Crippen LogP contribution is -2.09. The Labute approximate surface area is 89.9 Å². The molecule has 1 heterocycles. The summed E-state index contributed by atoms with van der Waals surface area (Å²) in [5.74, 6) is 0.306. The Kier molecular flexibility index (Phi) is 2.76. The van der Waals surface area contributed by atoms with Crippen LogP contribution in [0, 0.1) is 0 Å². The monoisotopic (exact) mass is 225 g/mol. The van der Waals surface area contributed by atoms with Crippen LogP contribution in [0.1, 0.15) is 0 Å². The van der Waals surface area contributed by atoms with Crippen molar-refractivity contribution in [3.63, 3.8) is 0 Å². The first-order valence-corrected chi connectivity index (χ1v) is 4.57. The Hall–Kier alpha value is -2.05. The molecule has 5 nitrogen and oxygen atoms in total. The molecule has 7 heteroatoms. The molecule has 0 spiro atoms. The predicted molar refractivity (Wildman–Crippen MR) is 53.7 cm³/mol. The highest BCUT2D eigenvalue weighted by molar-refractivity contribution is 5.57. The number of hydrogen-bond acceptors (Lipinski definition) is 4. The van der Waals surface area contributed by atoms with E-state index in [1.807, 2.05) is 0 Å². The molecule has 0 atom stereocenters. The molecule has 84 valence electrons. The number of rotatable bonds is 3. The molecule has 0 aliphatic carbocycles. The summed E-state index contributed by atoms with van der Waals surface area (Å²) in [5, 5.41) is 11.0. The summed E-state index contributed by atoms with van der Waals surface area (Å²) in [4.78, 5) is 0.871. The van der Waals surface area contributed by atoms with Gasteiger partial charge < -0.3 is 5.73 Å². The van der Waals surface area contributed by atoms with Crippen molar-refractivity contribution in [3.05, 3.63) is 24.3 Å². The summed E-state index contributed by atoms with van der Waals surface area (Å²) in [7, 11) is 0. The molecule has 0 saturated carbocycles. The molecule has 0 aliphatic rings. The molecular formula is C9H9F2N5. The van der Waals surface area contributed by atoms with Crippen molar-refractivity contribution in [2.75, 3.05) is 5.73 Å². The van der Waals surface area contributed by atoms with Crippen LogP contribution in [0.25, 0.3) is 11.4 Å². The van der Waals surface area contributed by atoms with Gasteiger partial charge in [-0.3, -0.25) is 0 Å². The molecule has 0 fully saturated rings. The number of tetrazole rings is 1. The molecule has 0 bridgehead atoms. The van der Waals surface area contributed by atoms with Crippen molar-refractivity contribution in [2.45, 2.75) is 13.0 Å². The standard InChI is InChI=1S/C9H9F2N5/c10-8(11)5-16-14-9(13-15-16)6-1-3-7(12)4-2-6/h1-4,8H,5,12H2. The van der Waals surface area contributed by atoms with Crippen molar-refractivity contribution in [2.24, 2.45) is 0 Å². The third-order valence-electron chi connectivity index (χ3n) is 1.92. The molecule has 2 rings (SSSR count). The summed E-state index contributed by atoms with van der Waals surface area (Å²) >= 11 is 0. The number of anilines is 1. The highest BCUT2D eigenvalue weighted by Crippen LogP contribution is 2.15. The third kappa shape index (κ3) is 2.30. The lowest BCUT2D eigenvalue weighted by Gasteiger charge is -1.96. The fourth-order valence-electron chi connectivity index (χ4n) is 1.19. The van der Waals surface area contributed by atoms with Gasteiger partial charge in [0.25, 0.3) is 6.43 Å². The zero-order valence-corrected chi connectivity index (χ0v) is 8.22. The van der Waals surface area contributed by atoms with E-state index in [1.165, 1.54) is 0 Å². The quantitative estimate of drug-likeness (QED) is 0.796. The van der Waals surface area contributed by atoms with Crippen LogP contribution in [0.4, 0.5) is 14.5 Å². The van der Waals surface area contributed by atoms with Gasteiger partial charge in [-0.2, -0.15) is 4.80 Å². The van der Waals surface area contributed by atoms with Gasteiger partial charge in [-0.05, 0) is 29.5 Å². The SMILES string of the molecule is Nc1ccc(-c2nnn(CC(F)F)n2)cc1. The van der Waals surface area contributed by atoms with Gasteiger partial charge in [0.2, 0.25) is 5.82 Å². The predicted octanol–water partition coefficient (Wildman–Crippen LogP) is 1.19. The van der Waals surface area contributed by atoms with Gasteiger partial charge in [0.15, 0.2) is 0 Å². The Balaban J connectivity index is 2.21. The first kappa shape index (κ1) is 10.5. The van der Waals surface area contributed by atoms with E-state index in [1.54, 1.807) is 24.3 Å². The van der Waals surface area contributed by atoms with Crippen molar-refractivity contribution in [3.8, 4) is 11.4 Å². The number of aromatic nitrogens is 4. The average Bonchev–Trinajstić information content (AvgIpc) is 2.66. The maximum absolute atomic E-state index is 12.0. The van der Waals surface area contributed by atoms with Crippen LogP contribution in [-0.2, 0) is 6.54 Å². The van der Waals surface area contributed by atoms with Crippen molar-refractivity contribution < 1.29 is 8.78 Å². The van der Waals surface area contributed by atoms with Gasteiger partial charge in [-0.1, -0.05) is 0 Å². The van der Waals surface area contributed by atoms with Gasteiger partial charge in [0.05, 0.1) is 0 Å². The first-order valence-electron chi connectivity index (χ1n) is 4.57. The zero-order valence-electron chi connectivity index (χ0n) is 8.22. The topological polar surface area (TPSA) is 69.6 Å². The number of halogens is 2. The number of nitrogen functional groups attached to an aromatic ring is 1.